The minimum absolute atomic E-state index is 0.0101. The second-order valence-electron chi connectivity index (χ2n) is 16.0. The van der Waals surface area contributed by atoms with Crippen LogP contribution in [0.3, 0.4) is 0 Å². The molecule has 262 valence electrons. The van der Waals surface area contributed by atoms with Gasteiger partial charge < -0.3 is 24.6 Å². The number of amides is 1. The highest BCUT2D eigenvalue weighted by molar-refractivity contribution is 6.14. The Bertz CT molecular complexity index is 1650. The number of fused-ring (bicyclic) bond motifs is 1. The second kappa shape index (κ2) is 12.5. The third kappa shape index (κ3) is 5.01. The minimum Gasteiger partial charge on any atom is -0.450 e. The number of rotatable bonds is 10. The van der Waals surface area contributed by atoms with E-state index in [1.165, 1.54) is 0 Å². The molecule has 3 fully saturated rings. The number of aliphatic hydroxyl groups is 2. The first-order valence-electron chi connectivity index (χ1n) is 18.4. The molecule has 0 heterocycles. The molecule has 8 rings (SSSR count). The predicted octanol–water partition coefficient (Wildman–Crippen LogP) is 7.62. The molecule has 49 heavy (non-hydrogen) atoms. The van der Waals surface area contributed by atoms with Gasteiger partial charge in [-0.2, -0.15) is 0 Å². The number of ketones is 1. The summed E-state index contributed by atoms with van der Waals surface area (Å²) in [5, 5.41) is 23.9. The van der Waals surface area contributed by atoms with Crippen molar-refractivity contribution >= 4 is 11.9 Å². The first-order valence-corrected chi connectivity index (χ1v) is 18.4. The van der Waals surface area contributed by atoms with Gasteiger partial charge in [0.1, 0.15) is 0 Å². The number of aliphatic hydroxyl groups excluding tert-OH is 1. The SMILES string of the molecule is CCOC(=O)N(CCCOC)CC1(O)CCC2C34C=CC5(C=C3C(=O)c3ccccc3-c3ccccc3)CC(O)CCC5(C)C4CCC21C. The quantitative estimate of drug-likeness (QED) is 0.154. The average molecular weight is 668 g/mol. The van der Waals surface area contributed by atoms with Crippen molar-refractivity contribution in [1.29, 1.82) is 0 Å². The fourth-order valence-corrected chi connectivity index (χ4v) is 11.5. The number of carbonyl (C=O) groups excluding carboxylic acids is 2. The average Bonchev–Trinajstić information content (AvgIpc) is 3.38. The molecule has 3 saturated carbocycles. The van der Waals surface area contributed by atoms with Crippen molar-refractivity contribution in [2.45, 2.75) is 83.8 Å². The van der Waals surface area contributed by atoms with E-state index in [2.05, 4.69) is 44.2 Å². The summed E-state index contributed by atoms with van der Waals surface area (Å²) in [6.07, 6.45) is 12.0. The van der Waals surface area contributed by atoms with E-state index in [1.807, 2.05) is 42.5 Å². The Morgan fingerprint density at radius 1 is 0.918 bits per heavy atom. The lowest BCUT2D eigenvalue weighted by Gasteiger charge is -2.71. The summed E-state index contributed by atoms with van der Waals surface area (Å²) in [6, 6.07) is 18.0. The molecule has 7 nitrogen and oxygen atoms in total. The van der Waals surface area contributed by atoms with Crippen molar-refractivity contribution < 1.29 is 29.3 Å². The Balaban J connectivity index is 1.34. The van der Waals surface area contributed by atoms with E-state index in [1.54, 1.807) is 18.9 Å². The molecule has 8 atom stereocenters. The zero-order chi connectivity index (χ0) is 34.7. The molecule has 0 aromatic heterocycles. The van der Waals surface area contributed by atoms with Crippen LogP contribution in [-0.4, -0.2) is 72.1 Å². The number of ether oxygens (including phenoxy) is 2. The molecular weight excluding hydrogens is 614 g/mol. The largest absolute Gasteiger partial charge is 0.450 e. The van der Waals surface area contributed by atoms with Crippen LogP contribution in [0.25, 0.3) is 11.1 Å². The van der Waals surface area contributed by atoms with E-state index in [4.69, 9.17) is 9.47 Å². The van der Waals surface area contributed by atoms with E-state index in [-0.39, 0.29) is 36.2 Å². The van der Waals surface area contributed by atoms with Crippen molar-refractivity contribution in [1.82, 2.24) is 4.90 Å². The summed E-state index contributed by atoms with van der Waals surface area (Å²) < 4.78 is 10.8. The highest BCUT2D eigenvalue weighted by atomic mass is 16.6. The van der Waals surface area contributed by atoms with Crippen molar-refractivity contribution in [3.8, 4) is 11.1 Å². The van der Waals surface area contributed by atoms with Crippen LogP contribution in [0.4, 0.5) is 4.79 Å². The molecule has 2 N–H and O–H groups in total. The zero-order valence-electron chi connectivity index (χ0n) is 29.6. The predicted molar refractivity (Wildman–Crippen MR) is 190 cm³/mol. The fraction of sp³-hybridized carbons (Fsp3) is 0.571. The lowest BCUT2D eigenvalue weighted by Crippen LogP contribution is -2.67. The molecule has 2 aromatic rings. The van der Waals surface area contributed by atoms with Gasteiger partial charge in [0, 0.05) is 47.6 Å². The fourth-order valence-electron chi connectivity index (χ4n) is 11.5. The Hall–Kier alpha value is -3.26. The van der Waals surface area contributed by atoms with Crippen molar-refractivity contribution in [2.75, 3.05) is 33.4 Å². The number of carbonyl (C=O) groups is 2. The monoisotopic (exact) mass is 667 g/mol. The van der Waals surface area contributed by atoms with Crippen LogP contribution in [0.5, 0.6) is 0 Å². The van der Waals surface area contributed by atoms with Crippen molar-refractivity contribution in [3.05, 3.63) is 84.0 Å². The number of allylic oxidation sites excluding steroid dienone is 4. The minimum atomic E-state index is -1.16. The third-order valence-corrected chi connectivity index (χ3v) is 14.0. The maximum Gasteiger partial charge on any atom is 0.409 e. The van der Waals surface area contributed by atoms with E-state index in [0.29, 0.717) is 38.0 Å². The number of Topliss-reactive ketones (excluding diaryl/α,β-unsaturated/α-hetero) is 1. The molecule has 0 saturated heterocycles. The van der Waals surface area contributed by atoms with Gasteiger partial charge in [0.2, 0.25) is 0 Å². The number of nitrogens with zero attached hydrogens (tertiary/aromatic N) is 1. The van der Waals surface area contributed by atoms with Gasteiger partial charge in [0.25, 0.3) is 0 Å². The molecule has 6 aliphatic carbocycles. The van der Waals surface area contributed by atoms with Crippen LogP contribution >= 0.6 is 0 Å². The smallest absolute Gasteiger partial charge is 0.409 e. The third-order valence-electron chi connectivity index (χ3n) is 14.0. The van der Waals surface area contributed by atoms with Crippen LogP contribution in [0.1, 0.15) is 82.5 Å². The van der Waals surface area contributed by atoms with Crippen LogP contribution in [-0.2, 0) is 9.47 Å². The molecular formula is C42H53NO6. The maximum absolute atomic E-state index is 15.3. The summed E-state index contributed by atoms with van der Waals surface area (Å²) in [4.78, 5) is 30.2. The number of methoxy groups -OCH3 is 1. The first-order chi connectivity index (χ1) is 23.5. The lowest BCUT2D eigenvalue weighted by molar-refractivity contribution is -0.175. The van der Waals surface area contributed by atoms with Gasteiger partial charge in [0.15, 0.2) is 5.78 Å². The van der Waals surface area contributed by atoms with Gasteiger partial charge >= 0.3 is 6.09 Å². The Morgan fingerprint density at radius 3 is 2.37 bits per heavy atom. The molecule has 0 aliphatic heterocycles. The zero-order valence-corrected chi connectivity index (χ0v) is 29.6. The molecule has 8 unspecified atom stereocenters. The summed E-state index contributed by atoms with van der Waals surface area (Å²) in [5.74, 6) is 0.223. The summed E-state index contributed by atoms with van der Waals surface area (Å²) in [6.45, 7) is 7.82. The maximum atomic E-state index is 15.3. The van der Waals surface area contributed by atoms with Crippen molar-refractivity contribution in [3.63, 3.8) is 0 Å². The molecule has 2 aromatic carbocycles. The van der Waals surface area contributed by atoms with E-state index in [0.717, 1.165) is 48.8 Å². The highest BCUT2D eigenvalue weighted by Crippen LogP contribution is 2.78. The van der Waals surface area contributed by atoms with Crippen LogP contribution in [0, 0.1) is 33.5 Å². The van der Waals surface area contributed by atoms with E-state index in [9.17, 15) is 15.0 Å². The Morgan fingerprint density at radius 2 is 1.61 bits per heavy atom. The van der Waals surface area contributed by atoms with Gasteiger partial charge in [-0.25, -0.2) is 4.79 Å². The molecule has 2 spiro atoms. The van der Waals surface area contributed by atoms with Gasteiger partial charge in [-0.3, -0.25) is 4.79 Å². The van der Waals surface area contributed by atoms with E-state index < -0.39 is 34.0 Å². The number of hydrogen-bond acceptors (Lipinski definition) is 6. The van der Waals surface area contributed by atoms with Crippen LogP contribution < -0.4 is 0 Å². The molecule has 0 radical (unpaired) electrons. The summed E-state index contributed by atoms with van der Waals surface area (Å²) in [5.41, 5.74) is 0.618. The lowest BCUT2D eigenvalue weighted by atomic mass is 9.32. The van der Waals surface area contributed by atoms with Gasteiger partial charge in [-0.1, -0.05) is 86.7 Å². The van der Waals surface area contributed by atoms with Crippen LogP contribution in [0.2, 0.25) is 0 Å². The molecule has 7 heteroatoms. The Labute approximate surface area is 291 Å². The normalized spacial score (nSPS) is 37.1. The topological polar surface area (TPSA) is 96.3 Å². The molecule has 6 aliphatic rings. The standard InChI is InChI=1S/C42H53NO6/c1-5-49-37(46)43(24-11-25-48-4)28-41(47)21-18-35-39(41,3)20-17-34-38(2)19-16-30(44)26-40(38)22-23-42(34,35)33(27-40)36(45)32-15-10-9-14-31(32)29-12-7-6-8-13-29/h6-10,12-15,22-23,27,30,34-35,44,47H,5,11,16-21,24-26,28H2,1-4H3. The Kier molecular flexibility index (Phi) is 8.73. The molecule has 1 amide bonds. The second-order valence-corrected chi connectivity index (χ2v) is 16.0. The summed E-state index contributed by atoms with van der Waals surface area (Å²) in [7, 11) is 1.65. The van der Waals surface area contributed by atoms with Gasteiger partial charge in [-0.15, -0.1) is 0 Å². The van der Waals surface area contributed by atoms with Gasteiger partial charge in [-0.05, 0) is 86.7 Å². The molecule has 2 bridgehead atoms. The van der Waals surface area contributed by atoms with Crippen molar-refractivity contribution in [2.24, 2.45) is 33.5 Å². The number of benzene rings is 2. The van der Waals surface area contributed by atoms with Gasteiger partial charge in [0.05, 0.1) is 24.9 Å². The van der Waals surface area contributed by atoms with E-state index >= 15 is 4.79 Å². The summed E-state index contributed by atoms with van der Waals surface area (Å²) >= 11 is 0. The number of hydrogen-bond donors (Lipinski definition) is 2. The van der Waals surface area contributed by atoms with Crippen LogP contribution in [0.15, 0.2) is 78.4 Å². The highest BCUT2D eigenvalue weighted by Gasteiger charge is 2.74. The first kappa shape index (κ1) is 34.2.